The van der Waals surface area contributed by atoms with Crippen LogP contribution in [0.3, 0.4) is 0 Å². The van der Waals surface area contributed by atoms with E-state index in [0.717, 1.165) is 43.1 Å². The Bertz CT molecular complexity index is 578. The molecular weight excluding hydrogens is 282 g/mol. The van der Waals surface area contributed by atoms with Crippen LogP contribution in [0.2, 0.25) is 0 Å². The van der Waals surface area contributed by atoms with Gasteiger partial charge < -0.3 is 9.30 Å². The van der Waals surface area contributed by atoms with Crippen molar-refractivity contribution in [2.24, 2.45) is 5.92 Å². The molecule has 0 radical (unpaired) electrons. The van der Waals surface area contributed by atoms with E-state index in [2.05, 4.69) is 27.4 Å². The van der Waals surface area contributed by atoms with Crippen LogP contribution >= 0.6 is 11.8 Å². The van der Waals surface area contributed by atoms with E-state index in [9.17, 15) is 0 Å². The fraction of sp³-hybridized carbons (Fsp3) is 0.625. The Hall–Kier alpha value is -1.07. The summed E-state index contributed by atoms with van der Waals surface area (Å²) < 4.78 is 7.48. The summed E-state index contributed by atoms with van der Waals surface area (Å²) in [5.41, 5.74) is 2.04. The number of rotatable bonds is 6. The smallest absolute Gasteiger partial charge is 0.159 e. The molecule has 1 atom stereocenters. The number of hydrogen-bond donors (Lipinski definition) is 0. The van der Waals surface area contributed by atoms with Crippen LogP contribution in [0.15, 0.2) is 18.3 Å². The van der Waals surface area contributed by atoms with Gasteiger partial charge in [0.1, 0.15) is 11.3 Å². The van der Waals surface area contributed by atoms with Gasteiger partial charge >= 0.3 is 0 Å². The molecule has 0 spiro atoms. The standard InChI is InChI=1S/C16H23N3OS/c1-20-9-4-8-19-15(11-13-5-3-10-21-12-13)18-14-6-2-7-17-16(14)19/h2,6-7,13H,3-5,8-12H2,1H3. The lowest BCUT2D eigenvalue weighted by Gasteiger charge is -2.21. The molecule has 3 heterocycles. The number of fused-ring (bicyclic) bond motifs is 1. The van der Waals surface area contributed by atoms with E-state index in [1.165, 1.54) is 30.2 Å². The number of pyridine rings is 1. The van der Waals surface area contributed by atoms with Crippen molar-refractivity contribution in [1.82, 2.24) is 14.5 Å². The fourth-order valence-electron chi connectivity index (χ4n) is 2.99. The van der Waals surface area contributed by atoms with Crippen molar-refractivity contribution in [2.45, 2.75) is 32.2 Å². The van der Waals surface area contributed by atoms with Gasteiger partial charge in [-0.1, -0.05) is 0 Å². The van der Waals surface area contributed by atoms with E-state index < -0.39 is 0 Å². The highest BCUT2D eigenvalue weighted by Gasteiger charge is 2.19. The molecule has 4 nitrogen and oxygen atoms in total. The highest BCUT2D eigenvalue weighted by atomic mass is 32.2. The van der Waals surface area contributed by atoms with E-state index in [1.54, 1.807) is 7.11 Å². The van der Waals surface area contributed by atoms with Crippen LogP contribution in [0.25, 0.3) is 11.2 Å². The van der Waals surface area contributed by atoms with Crippen LogP contribution in [-0.2, 0) is 17.7 Å². The first-order chi connectivity index (χ1) is 10.4. The SMILES string of the molecule is COCCCn1c(CC2CCCSC2)nc2cccnc21. The summed E-state index contributed by atoms with van der Waals surface area (Å²) in [5.74, 6) is 4.56. The minimum atomic E-state index is 0.765. The number of nitrogens with zero attached hydrogens (tertiary/aromatic N) is 3. The molecular formula is C16H23N3OS. The molecule has 1 saturated heterocycles. The molecule has 1 fully saturated rings. The Kier molecular flexibility index (Phi) is 5.14. The normalized spacial score (nSPS) is 19.2. The van der Waals surface area contributed by atoms with Crippen molar-refractivity contribution in [3.63, 3.8) is 0 Å². The van der Waals surface area contributed by atoms with Crippen LogP contribution < -0.4 is 0 Å². The predicted octanol–water partition coefficient (Wildman–Crippen LogP) is 3.15. The molecule has 21 heavy (non-hydrogen) atoms. The molecule has 0 N–H and O–H groups in total. The third-order valence-corrected chi connectivity index (χ3v) is 5.32. The molecule has 0 amide bonds. The highest BCUT2D eigenvalue weighted by Crippen LogP contribution is 2.26. The second-order valence-corrected chi connectivity index (χ2v) is 6.81. The molecule has 2 aromatic heterocycles. The van der Waals surface area contributed by atoms with Crippen molar-refractivity contribution in [3.8, 4) is 0 Å². The van der Waals surface area contributed by atoms with E-state index in [-0.39, 0.29) is 0 Å². The minimum absolute atomic E-state index is 0.765. The Balaban J connectivity index is 1.82. The second-order valence-electron chi connectivity index (χ2n) is 5.66. The van der Waals surface area contributed by atoms with Crippen molar-refractivity contribution in [1.29, 1.82) is 0 Å². The lowest BCUT2D eigenvalue weighted by molar-refractivity contribution is 0.190. The van der Waals surface area contributed by atoms with Crippen LogP contribution in [0.5, 0.6) is 0 Å². The minimum Gasteiger partial charge on any atom is -0.385 e. The Morgan fingerprint density at radius 2 is 2.43 bits per heavy atom. The highest BCUT2D eigenvalue weighted by molar-refractivity contribution is 7.99. The number of thioether (sulfide) groups is 1. The van der Waals surface area contributed by atoms with Gasteiger partial charge in [-0.15, -0.1) is 0 Å². The number of imidazole rings is 1. The maximum absolute atomic E-state index is 5.18. The zero-order valence-electron chi connectivity index (χ0n) is 12.6. The van der Waals surface area contributed by atoms with Crippen molar-refractivity contribution in [2.75, 3.05) is 25.2 Å². The zero-order chi connectivity index (χ0) is 14.5. The molecule has 2 aromatic rings. The van der Waals surface area contributed by atoms with Gasteiger partial charge in [-0.25, -0.2) is 9.97 Å². The van der Waals surface area contributed by atoms with Crippen LogP contribution in [0.4, 0.5) is 0 Å². The Labute approximate surface area is 130 Å². The molecule has 0 aliphatic carbocycles. The van der Waals surface area contributed by atoms with Crippen LogP contribution in [0.1, 0.15) is 25.1 Å². The van der Waals surface area contributed by atoms with E-state index in [1.807, 2.05) is 12.3 Å². The van der Waals surface area contributed by atoms with Gasteiger partial charge in [0.05, 0.1) is 0 Å². The first kappa shape index (κ1) is 14.9. The summed E-state index contributed by atoms with van der Waals surface area (Å²) in [6.07, 6.45) is 6.62. The zero-order valence-corrected chi connectivity index (χ0v) is 13.4. The Morgan fingerprint density at radius 1 is 1.48 bits per heavy atom. The van der Waals surface area contributed by atoms with Crippen molar-refractivity contribution < 1.29 is 4.74 Å². The van der Waals surface area contributed by atoms with E-state index >= 15 is 0 Å². The maximum atomic E-state index is 5.18. The quantitative estimate of drug-likeness (QED) is 0.769. The molecule has 1 aliphatic rings. The third kappa shape index (κ3) is 3.58. The topological polar surface area (TPSA) is 39.9 Å². The van der Waals surface area contributed by atoms with Crippen molar-refractivity contribution >= 4 is 22.9 Å². The van der Waals surface area contributed by atoms with E-state index in [0.29, 0.717) is 0 Å². The molecule has 0 saturated carbocycles. The van der Waals surface area contributed by atoms with Crippen molar-refractivity contribution in [3.05, 3.63) is 24.2 Å². The lowest BCUT2D eigenvalue weighted by atomic mass is 10.0. The largest absolute Gasteiger partial charge is 0.385 e. The average Bonchev–Trinajstić information content (AvgIpc) is 2.86. The number of aromatic nitrogens is 3. The lowest BCUT2D eigenvalue weighted by Crippen LogP contribution is -2.17. The number of methoxy groups -OCH3 is 1. The summed E-state index contributed by atoms with van der Waals surface area (Å²) in [6, 6.07) is 4.03. The Morgan fingerprint density at radius 3 is 3.24 bits per heavy atom. The van der Waals surface area contributed by atoms with Gasteiger partial charge in [0.25, 0.3) is 0 Å². The van der Waals surface area contributed by atoms with Crippen LogP contribution in [-0.4, -0.2) is 39.8 Å². The van der Waals surface area contributed by atoms with Gasteiger partial charge in [-0.05, 0) is 48.8 Å². The molecule has 114 valence electrons. The summed E-state index contributed by atoms with van der Waals surface area (Å²) >= 11 is 2.08. The maximum Gasteiger partial charge on any atom is 0.159 e. The van der Waals surface area contributed by atoms with Gasteiger partial charge in [-0.3, -0.25) is 0 Å². The molecule has 1 unspecified atom stereocenters. The molecule has 3 rings (SSSR count). The molecule has 0 aromatic carbocycles. The monoisotopic (exact) mass is 305 g/mol. The first-order valence-corrected chi connectivity index (χ1v) is 8.91. The van der Waals surface area contributed by atoms with Gasteiger partial charge in [0.15, 0.2) is 5.65 Å². The first-order valence-electron chi connectivity index (χ1n) is 7.75. The third-order valence-electron chi connectivity index (χ3n) is 4.04. The predicted molar refractivity (Wildman–Crippen MR) is 87.8 cm³/mol. The fourth-order valence-corrected chi connectivity index (χ4v) is 4.15. The van der Waals surface area contributed by atoms with Crippen LogP contribution in [0, 0.1) is 5.92 Å². The molecule has 5 heteroatoms. The molecule has 0 bridgehead atoms. The van der Waals surface area contributed by atoms with Gasteiger partial charge in [0.2, 0.25) is 0 Å². The number of ether oxygens (including phenoxy) is 1. The summed E-state index contributed by atoms with van der Waals surface area (Å²) in [6.45, 7) is 1.72. The summed E-state index contributed by atoms with van der Waals surface area (Å²) in [4.78, 5) is 9.36. The summed E-state index contributed by atoms with van der Waals surface area (Å²) in [7, 11) is 1.75. The number of aryl methyl sites for hydroxylation is 1. The number of hydrogen-bond acceptors (Lipinski definition) is 4. The summed E-state index contributed by atoms with van der Waals surface area (Å²) in [5, 5.41) is 0. The molecule has 1 aliphatic heterocycles. The van der Waals surface area contributed by atoms with Gasteiger partial charge in [-0.2, -0.15) is 11.8 Å². The van der Waals surface area contributed by atoms with E-state index in [4.69, 9.17) is 9.72 Å². The van der Waals surface area contributed by atoms with Gasteiger partial charge in [0, 0.05) is 32.9 Å². The average molecular weight is 305 g/mol. The second kappa shape index (κ2) is 7.27.